The van der Waals surface area contributed by atoms with Crippen molar-refractivity contribution in [2.75, 3.05) is 7.05 Å². The lowest BCUT2D eigenvalue weighted by molar-refractivity contribution is 0.0687. The molecule has 1 aliphatic rings. The first kappa shape index (κ1) is 17.5. The monoisotopic (exact) mass is 343 g/mol. The second-order valence-corrected chi connectivity index (χ2v) is 7.17. The first-order valence-corrected chi connectivity index (χ1v) is 8.72. The lowest BCUT2D eigenvalue weighted by Crippen LogP contribution is -2.36. The van der Waals surface area contributed by atoms with Crippen LogP contribution in [0.2, 0.25) is 0 Å². The molecule has 1 atom stereocenters. The van der Waals surface area contributed by atoms with Gasteiger partial charge in [-0.15, -0.1) is 0 Å². The van der Waals surface area contributed by atoms with Crippen LogP contribution >= 0.6 is 0 Å². The Labute approximate surface area is 147 Å². The van der Waals surface area contributed by atoms with Crippen LogP contribution in [-0.4, -0.2) is 48.8 Å². The maximum atomic E-state index is 11.6. The van der Waals surface area contributed by atoms with Gasteiger partial charge in [-0.25, -0.2) is 14.8 Å². The predicted octanol–water partition coefficient (Wildman–Crippen LogP) is 2.02. The number of hydrogen-bond donors (Lipinski definition) is 1. The Hall–Kier alpha value is -2.28. The SMILES string of the molecule is CC(C)Cn1nc(C(=O)O)c2c1CCC(N(C)Cc1ccncn1)C2. The number of carboxylic acid groups (broad SMARTS) is 1. The minimum absolute atomic E-state index is 0.218. The fourth-order valence-electron chi connectivity index (χ4n) is 3.51. The molecule has 0 radical (unpaired) electrons. The number of aromatic nitrogens is 4. The fourth-order valence-corrected chi connectivity index (χ4v) is 3.51. The Bertz CT molecular complexity index is 741. The molecular weight excluding hydrogens is 318 g/mol. The highest BCUT2D eigenvalue weighted by Crippen LogP contribution is 2.28. The van der Waals surface area contributed by atoms with E-state index in [9.17, 15) is 9.90 Å². The number of aromatic carboxylic acids is 1. The normalized spacial score (nSPS) is 17.1. The van der Waals surface area contributed by atoms with Gasteiger partial charge in [0.25, 0.3) is 0 Å². The van der Waals surface area contributed by atoms with Gasteiger partial charge in [0, 0.05) is 36.6 Å². The summed E-state index contributed by atoms with van der Waals surface area (Å²) in [6, 6.07) is 2.20. The second kappa shape index (κ2) is 7.31. The van der Waals surface area contributed by atoms with E-state index in [4.69, 9.17) is 0 Å². The summed E-state index contributed by atoms with van der Waals surface area (Å²) >= 11 is 0. The number of carbonyl (C=O) groups is 1. The van der Waals surface area contributed by atoms with E-state index < -0.39 is 5.97 Å². The van der Waals surface area contributed by atoms with Crippen molar-refractivity contribution in [3.05, 3.63) is 41.2 Å². The Morgan fingerprint density at radius 1 is 1.48 bits per heavy atom. The van der Waals surface area contributed by atoms with Crippen LogP contribution in [0.25, 0.3) is 0 Å². The molecule has 3 rings (SSSR count). The maximum absolute atomic E-state index is 11.6. The van der Waals surface area contributed by atoms with Crippen LogP contribution in [0, 0.1) is 5.92 Å². The third-order valence-corrected chi connectivity index (χ3v) is 4.74. The molecule has 0 amide bonds. The van der Waals surface area contributed by atoms with Crippen LogP contribution in [-0.2, 0) is 25.9 Å². The molecule has 0 fully saturated rings. The van der Waals surface area contributed by atoms with E-state index in [1.54, 1.807) is 12.5 Å². The van der Waals surface area contributed by atoms with Gasteiger partial charge >= 0.3 is 5.97 Å². The van der Waals surface area contributed by atoms with Crippen molar-refractivity contribution in [3.63, 3.8) is 0 Å². The molecule has 0 bridgehead atoms. The van der Waals surface area contributed by atoms with Crippen molar-refractivity contribution in [1.29, 1.82) is 0 Å². The average molecular weight is 343 g/mol. The van der Waals surface area contributed by atoms with Gasteiger partial charge in [0.1, 0.15) is 6.33 Å². The molecule has 2 aromatic heterocycles. The smallest absolute Gasteiger partial charge is 0.356 e. The van der Waals surface area contributed by atoms with Crippen molar-refractivity contribution in [2.24, 2.45) is 5.92 Å². The largest absolute Gasteiger partial charge is 0.476 e. The predicted molar refractivity (Wildman–Crippen MR) is 93.3 cm³/mol. The molecule has 1 unspecified atom stereocenters. The summed E-state index contributed by atoms with van der Waals surface area (Å²) in [5.41, 5.74) is 3.18. The highest BCUT2D eigenvalue weighted by molar-refractivity contribution is 5.87. The van der Waals surface area contributed by atoms with E-state index in [0.29, 0.717) is 5.92 Å². The zero-order chi connectivity index (χ0) is 18.0. The van der Waals surface area contributed by atoms with Gasteiger partial charge in [0.05, 0.1) is 5.69 Å². The third kappa shape index (κ3) is 3.87. The highest BCUT2D eigenvalue weighted by atomic mass is 16.4. The molecule has 2 aromatic rings. The van der Waals surface area contributed by atoms with Crippen LogP contribution in [0.1, 0.15) is 47.7 Å². The molecule has 25 heavy (non-hydrogen) atoms. The molecule has 0 spiro atoms. The first-order valence-electron chi connectivity index (χ1n) is 8.72. The Balaban J connectivity index is 1.80. The maximum Gasteiger partial charge on any atom is 0.356 e. The van der Waals surface area contributed by atoms with E-state index in [2.05, 4.69) is 40.9 Å². The number of likely N-dealkylation sites (N-methyl/N-ethyl adjacent to an activating group) is 1. The summed E-state index contributed by atoms with van der Waals surface area (Å²) in [5, 5.41) is 13.9. The molecule has 134 valence electrons. The van der Waals surface area contributed by atoms with Crippen LogP contribution in [0.5, 0.6) is 0 Å². The Morgan fingerprint density at radius 3 is 2.92 bits per heavy atom. The van der Waals surface area contributed by atoms with Crippen LogP contribution < -0.4 is 0 Å². The molecule has 1 aliphatic carbocycles. The molecule has 0 saturated heterocycles. The van der Waals surface area contributed by atoms with Crippen molar-refractivity contribution in [1.82, 2.24) is 24.6 Å². The highest BCUT2D eigenvalue weighted by Gasteiger charge is 2.30. The van der Waals surface area contributed by atoms with Crippen molar-refractivity contribution < 1.29 is 9.90 Å². The van der Waals surface area contributed by atoms with E-state index in [1.807, 2.05) is 10.7 Å². The number of carboxylic acids is 1. The van der Waals surface area contributed by atoms with Gasteiger partial charge < -0.3 is 5.11 Å². The molecule has 0 aromatic carbocycles. The quantitative estimate of drug-likeness (QED) is 0.864. The molecule has 7 heteroatoms. The van der Waals surface area contributed by atoms with Crippen LogP contribution in [0.15, 0.2) is 18.6 Å². The molecule has 7 nitrogen and oxygen atoms in total. The minimum Gasteiger partial charge on any atom is -0.476 e. The molecule has 2 heterocycles. The molecule has 0 saturated carbocycles. The number of fused-ring (bicyclic) bond motifs is 1. The summed E-state index contributed by atoms with van der Waals surface area (Å²) in [5.74, 6) is -0.498. The summed E-state index contributed by atoms with van der Waals surface area (Å²) < 4.78 is 1.91. The fraction of sp³-hybridized carbons (Fsp3) is 0.556. The van der Waals surface area contributed by atoms with Crippen molar-refractivity contribution in [3.8, 4) is 0 Å². The summed E-state index contributed by atoms with van der Waals surface area (Å²) in [6.45, 7) is 5.73. The van der Waals surface area contributed by atoms with Crippen molar-refractivity contribution >= 4 is 5.97 Å². The first-order chi connectivity index (χ1) is 12.0. The van der Waals surface area contributed by atoms with E-state index >= 15 is 0 Å². The zero-order valence-corrected chi connectivity index (χ0v) is 15.0. The molecular formula is C18H25N5O2. The van der Waals surface area contributed by atoms with Crippen LogP contribution in [0.4, 0.5) is 0 Å². The van der Waals surface area contributed by atoms with Gasteiger partial charge in [-0.3, -0.25) is 9.58 Å². The van der Waals surface area contributed by atoms with E-state index in [1.165, 1.54) is 0 Å². The Kier molecular flexibility index (Phi) is 5.13. The summed E-state index contributed by atoms with van der Waals surface area (Å²) in [6.07, 6.45) is 5.88. The second-order valence-electron chi connectivity index (χ2n) is 7.17. The number of hydrogen-bond acceptors (Lipinski definition) is 5. The van der Waals surface area contributed by atoms with Crippen LogP contribution in [0.3, 0.4) is 0 Å². The van der Waals surface area contributed by atoms with E-state index in [0.717, 1.165) is 49.3 Å². The number of rotatable bonds is 6. The standard InChI is InChI=1S/C18H25N5O2/c1-12(2)9-23-16-5-4-14(8-15(16)17(21-23)18(24)25)22(3)10-13-6-7-19-11-20-13/h6-7,11-12,14H,4-5,8-10H2,1-3H3,(H,24,25). The van der Waals surface area contributed by atoms with Gasteiger partial charge in [0.2, 0.25) is 0 Å². The summed E-state index contributed by atoms with van der Waals surface area (Å²) in [4.78, 5) is 22.1. The average Bonchev–Trinajstić information content (AvgIpc) is 2.93. The Morgan fingerprint density at radius 2 is 2.28 bits per heavy atom. The molecule has 0 aliphatic heterocycles. The minimum atomic E-state index is -0.933. The van der Waals surface area contributed by atoms with Gasteiger partial charge in [-0.05, 0) is 38.3 Å². The van der Waals surface area contributed by atoms with Gasteiger partial charge in [-0.1, -0.05) is 13.8 Å². The van der Waals surface area contributed by atoms with Gasteiger partial charge in [-0.2, -0.15) is 5.10 Å². The lowest BCUT2D eigenvalue weighted by Gasteiger charge is -2.31. The molecule has 1 N–H and O–H groups in total. The third-order valence-electron chi connectivity index (χ3n) is 4.74. The van der Waals surface area contributed by atoms with Gasteiger partial charge in [0.15, 0.2) is 5.69 Å². The van der Waals surface area contributed by atoms with Crippen molar-refractivity contribution in [2.45, 2.75) is 52.2 Å². The zero-order valence-electron chi connectivity index (χ0n) is 15.0. The topological polar surface area (TPSA) is 84.1 Å². The lowest BCUT2D eigenvalue weighted by atomic mass is 9.90. The van der Waals surface area contributed by atoms with E-state index in [-0.39, 0.29) is 11.7 Å². The summed E-state index contributed by atoms with van der Waals surface area (Å²) in [7, 11) is 2.07. The number of nitrogens with zero attached hydrogens (tertiary/aromatic N) is 5.